The van der Waals surface area contributed by atoms with Crippen LogP contribution in [0.4, 0.5) is 0 Å². The van der Waals surface area contributed by atoms with Crippen molar-refractivity contribution in [2.24, 2.45) is 0 Å². The van der Waals surface area contributed by atoms with Gasteiger partial charge in [-0.05, 0) is 54.4 Å². The zero-order valence-corrected chi connectivity index (χ0v) is 19.1. The van der Waals surface area contributed by atoms with E-state index in [1.165, 1.54) is 0 Å². The number of amides is 1. The molecule has 0 fully saturated rings. The molecule has 166 valence electrons. The molecule has 5 nitrogen and oxygen atoms in total. The van der Waals surface area contributed by atoms with Crippen LogP contribution in [0.25, 0.3) is 21.9 Å². The third-order valence-corrected chi connectivity index (χ3v) is 6.32. The standard InChI is InChI=1S/C27H23ClN2O3/c1-16-21-13-18(28)9-12-25(21)33-26(16)27(31)30-14-22(17-7-10-19(32-2)11-8-17)23-15-29-24-6-4-3-5-20(23)24/h3-13,15,22,29H,14H2,1-2H3,(H,30,31)/t22-/m0/s1. The van der Waals surface area contributed by atoms with Crippen LogP contribution in [0.2, 0.25) is 5.02 Å². The van der Waals surface area contributed by atoms with Crippen LogP contribution in [0.1, 0.15) is 33.2 Å². The van der Waals surface area contributed by atoms with Crippen molar-refractivity contribution >= 4 is 39.4 Å². The van der Waals surface area contributed by atoms with E-state index in [1.807, 2.05) is 61.7 Å². The fourth-order valence-corrected chi connectivity index (χ4v) is 4.48. The lowest BCUT2D eigenvalue weighted by atomic mass is 9.90. The number of rotatable bonds is 6. The van der Waals surface area contributed by atoms with Gasteiger partial charge in [-0.25, -0.2) is 0 Å². The summed E-state index contributed by atoms with van der Waals surface area (Å²) in [4.78, 5) is 16.5. The lowest BCUT2D eigenvalue weighted by Crippen LogP contribution is -2.29. The lowest BCUT2D eigenvalue weighted by Gasteiger charge is -2.18. The molecule has 5 aromatic rings. The minimum absolute atomic E-state index is 0.0601. The van der Waals surface area contributed by atoms with Gasteiger partial charge in [-0.3, -0.25) is 4.79 Å². The maximum Gasteiger partial charge on any atom is 0.287 e. The Kier molecular flexibility index (Phi) is 5.56. The first-order valence-corrected chi connectivity index (χ1v) is 11.1. The number of carbonyl (C=O) groups excluding carboxylic acids is 1. The van der Waals surface area contributed by atoms with Gasteiger partial charge >= 0.3 is 0 Å². The van der Waals surface area contributed by atoms with Gasteiger partial charge in [0.25, 0.3) is 5.91 Å². The van der Waals surface area contributed by atoms with Crippen LogP contribution in [0.15, 0.2) is 77.3 Å². The van der Waals surface area contributed by atoms with Gasteiger partial charge in [-0.15, -0.1) is 0 Å². The first kappa shape index (κ1) is 21.2. The number of carbonyl (C=O) groups is 1. The first-order valence-electron chi connectivity index (χ1n) is 10.7. The maximum atomic E-state index is 13.1. The minimum Gasteiger partial charge on any atom is -0.497 e. The Hall–Kier alpha value is -3.70. The van der Waals surface area contributed by atoms with E-state index in [-0.39, 0.29) is 11.8 Å². The van der Waals surface area contributed by atoms with Crippen LogP contribution < -0.4 is 10.1 Å². The van der Waals surface area contributed by atoms with Crippen LogP contribution in [0, 0.1) is 6.92 Å². The fraction of sp³-hybridized carbons (Fsp3) is 0.148. The van der Waals surface area contributed by atoms with Crippen molar-refractivity contribution in [3.63, 3.8) is 0 Å². The zero-order chi connectivity index (χ0) is 22.9. The Morgan fingerprint density at radius 1 is 1.09 bits per heavy atom. The summed E-state index contributed by atoms with van der Waals surface area (Å²) in [6, 6.07) is 21.5. The number of para-hydroxylation sites is 1. The summed E-state index contributed by atoms with van der Waals surface area (Å²) in [6.07, 6.45) is 2.01. The molecule has 1 amide bonds. The Bertz CT molecular complexity index is 1450. The van der Waals surface area contributed by atoms with Crippen molar-refractivity contribution in [3.8, 4) is 5.75 Å². The van der Waals surface area contributed by atoms with E-state index in [4.69, 9.17) is 20.8 Å². The third-order valence-electron chi connectivity index (χ3n) is 6.09. The predicted octanol–water partition coefficient (Wildman–Crippen LogP) is 6.45. The van der Waals surface area contributed by atoms with Crippen LogP contribution in [-0.4, -0.2) is 24.5 Å². The number of halogens is 1. The number of benzene rings is 3. The van der Waals surface area contributed by atoms with Crippen molar-refractivity contribution in [1.29, 1.82) is 0 Å². The highest BCUT2D eigenvalue weighted by Gasteiger charge is 2.22. The molecule has 6 heteroatoms. The summed E-state index contributed by atoms with van der Waals surface area (Å²) in [5, 5.41) is 5.66. The van der Waals surface area contributed by atoms with Crippen molar-refractivity contribution in [2.75, 3.05) is 13.7 Å². The van der Waals surface area contributed by atoms with Gasteiger partial charge in [0, 0.05) is 45.5 Å². The summed E-state index contributed by atoms with van der Waals surface area (Å²) in [5.41, 5.74) is 4.67. The number of hydrogen-bond donors (Lipinski definition) is 2. The van der Waals surface area contributed by atoms with E-state index >= 15 is 0 Å². The fourth-order valence-electron chi connectivity index (χ4n) is 4.31. The number of aromatic amines is 1. The topological polar surface area (TPSA) is 67.3 Å². The number of H-pyrrole nitrogens is 1. The van der Waals surface area contributed by atoms with E-state index in [0.29, 0.717) is 22.9 Å². The van der Waals surface area contributed by atoms with Gasteiger partial charge < -0.3 is 19.5 Å². The Balaban J connectivity index is 1.47. The molecular formula is C27H23ClN2O3. The molecule has 0 aliphatic carbocycles. The van der Waals surface area contributed by atoms with E-state index in [1.54, 1.807) is 19.2 Å². The number of methoxy groups -OCH3 is 1. The molecule has 2 aromatic heterocycles. The van der Waals surface area contributed by atoms with Gasteiger partial charge in [0.1, 0.15) is 11.3 Å². The van der Waals surface area contributed by atoms with Crippen LogP contribution in [-0.2, 0) is 0 Å². The monoisotopic (exact) mass is 458 g/mol. The normalized spacial score (nSPS) is 12.2. The Labute approximate surface area is 196 Å². The second-order valence-electron chi connectivity index (χ2n) is 8.02. The molecule has 0 saturated heterocycles. The number of hydrogen-bond acceptors (Lipinski definition) is 3. The molecule has 0 aliphatic rings. The average molecular weight is 459 g/mol. The van der Waals surface area contributed by atoms with E-state index in [0.717, 1.165) is 38.7 Å². The second kappa shape index (κ2) is 8.68. The summed E-state index contributed by atoms with van der Waals surface area (Å²) >= 11 is 6.12. The molecule has 5 rings (SSSR count). The van der Waals surface area contributed by atoms with Crippen molar-refractivity contribution in [2.45, 2.75) is 12.8 Å². The van der Waals surface area contributed by atoms with E-state index in [9.17, 15) is 4.79 Å². The van der Waals surface area contributed by atoms with Gasteiger partial charge in [-0.2, -0.15) is 0 Å². The largest absolute Gasteiger partial charge is 0.497 e. The van der Waals surface area contributed by atoms with E-state index < -0.39 is 0 Å². The highest BCUT2D eigenvalue weighted by molar-refractivity contribution is 6.31. The summed E-state index contributed by atoms with van der Waals surface area (Å²) in [6.45, 7) is 2.28. The average Bonchev–Trinajstić information content (AvgIpc) is 3.41. The molecule has 0 unspecified atom stereocenters. The predicted molar refractivity (Wildman–Crippen MR) is 131 cm³/mol. The molecule has 0 aliphatic heterocycles. The quantitative estimate of drug-likeness (QED) is 0.307. The highest BCUT2D eigenvalue weighted by Crippen LogP contribution is 2.32. The van der Waals surface area contributed by atoms with Crippen molar-refractivity contribution in [3.05, 3.63) is 100 Å². The smallest absolute Gasteiger partial charge is 0.287 e. The number of nitrogens with one attached hydrogen (secondary N) is 2. The SMILES string of the molecule is COc1ccc([C@H](CNC(=O)c2oc3ccc(Cl)cc3c2C)c2c[nH]c3ccccc23)cc1. The molecular weight excluding hydrogens is 436 g/mol. The van der Waals surface area contributed by atoms with Gasteiger partial charge in [0.05, 0.1) is 7.11 Å². The van der Waals surface area contributed by atoms with Gasteiger partial charge in [0.15, 0.2) is 5.76 Å². The van der Waals surface area contributed by atoms with Crippen molar-refractivity contribution < 1.29 is 13.9 Å². The van der Waals surface area contributed by atoms with Crippen LogP contribution in [0.5, 0.6) is 5.75 Å². The number of fused-ring (bicyclic) bond motifs is 2. The molecule has 0 spiro atoms. The molecule has 2 N–H and O–H groups in total. The van der Waals surface area contributed by atoms with Gasteiger partial charge in [-0.1, -0.05) is 41.9 Å². The highest BCUT2D eigenvalue weighted by atomic mass is 35.5. The number of aryl methyl sites for hydroxylation is 1. The molecule has 3 aromatic carbocycles. The Morgan fingerprint density at radius 2 is 1.88 bits per heavy atom. The second-order valence-corrected chi connectivity index (χ2v) is 8.46. The molecule has 0 saturated carbocycles. The molecule has 33 heavy (non-hydrogen) atoms. The lowest BCUT2D eigenvalue weighted by molar-refractivity contribution is 0.0926. The van der Waals surface area contributed by atoms with Gasteiger partial charge in [0.2, 0.25) is 0 Å². The van der Waals surface area contributed by atoms with Crippen molar-refractivity contribution in [1.82, 2.24) is 10.3 Å². The summed E-state index contributed by atoms with van der Waals surface area (Å²) < 4.78 is 11.2. The van der Waals surface area contributed by atoms with Crippen LogP contribution in [0.3, 0.4) is 0 Å². The molecule has 0 bridgehead atoms. The third kappa shape index (κ3) is 3.96. The zero-order valence-electron chi connectivity index (χ0n) is 18.3. The van der Waals surface area contributed by atoms with E-state index in [2.05, 4.69) is 16.4 Å². The summed E-state index contributed by atoms with van der Waals surface area (Å²) in [7, 11) is 1.65. The molecule has 1 atom stereocenters. The molecule has 0 radical (unpaired) electrons. The summed E-state index contributed by atoms with van der Waals surface area (Å²) in [5.74, 6) is 0.782. The maximum absolute atomic E-state index is 13.1. The first-order chi connectivity index (χ1) is 16.0. The number of aromatic nitrogens is 1. The Morgan fingerprint density at radius 3 is 2.67 bits per heavy atom. The molecule has 2 heterocycles. The number of ether oxygens (including phenoxy) is 1. The minimum atomic E-state index is -0.252. The number of furan rings is 1. The van der Waals surface area contributed by atoms with Crippen LogP contribution >= 0.6 is 11.6 Å².